The van der Waals surface area contributed by atoms with Gasteiger partial charge in [0, 0.05) is 24.5 Å². The van der Waals surface area contributed by atoms with Gasteiger partial charge in [-0.15, -0.1) is 0 Å². The summed E-state index contributed by atoms with van der Waals surface area (Å²) < 4.78 is 24.0. The van der Waals surface area contributed by atoms with Crippen LogP contribution in [-0.4, -0.2) is 52.2 Å². The lowest BCUT2D eigenvalue weighted by Crippen LogP contribution is -2.32. The van der Waals surface area contributed by atoms with Crippen molar-refractivity contribution in [2.24, 2.45) is 0 Å². The Bertz CT molecular complexity index is 573. The molecule has 1 aromatic rings. The second kappa shape index (κ2) is 8.36. The summed E-state index contributed by atoms with van der Waals surface area (Å²) in [6.07, 6.45) is -0.0276. The van der Waals surface area contributed by atoms with Gasteiger partial charge < -0.3 is 10.2 Å². The smallest absolute Gasteiger partial charge is 0.221 e. The van der Waals surface area contributed by atoms with Crippen molar-refractivity contribution in [2.45, 2.75) is 12.2 Å². The average Bonchev–Trinajstić information content (AvgIpc) is 2.39. The zero-order valence-electron chi connectivity index (χ0n) is 12.3. The number of carbonyl (C=O) groups excluding carboxylic acids is 1. The quantitative estimate of drug-likeness (QED) is 0.779. The molecule has 0 heterocycles. The molecule has 21 heavy (non-hydrogen) atoms. The Kier molecular flexibility index (Phi) is 7.14. The van der Waals surface area contributed by atoms with E-state index < -0.39 is 9.84 Å². The molecule has 1 amide bonds. The van der Waals surface area contributed by atoms with E-state index in [1.165, 1.54) is 0 Å². The zero-order valence-corrected chi connectivity index (χ0v) is 13.9. The molecule has 0 saturated carbocycles. The van der Waals surface area contributed by atoms with Crippen molar-refractivity contribution < 1.29 is 13.2 Å². The highest BCUT2D eigenvalue weighted by Crippen LogP contribution is 2.18. The van der Waals surface area contributed by atoms with Gasteiger partial charge >= 0.3 is 0 Å². The summed E-state index contributed by atoms with van der Waals surface area (Å²) >= 11 is 5.94. The highest BCUT2D eigenvalue weighted by Gasteiger charge is 2.16. The first-order chi connectivity index (χ1) is 9.80. The first-order valence-electron chi connectivity index (χ1n) is 6.65. The summed E-state index contributed by atoms with van der Waals surface area (Å²) in [7, 11) is 0.457. The molecular weight excluding hydrogens is 312 g/mol. The number of halogens is 1. The van der Waals surface area contributed by atoms with Gasteiger partial charge in [-0.3, -0.25) is 4.79 Å². The van der Waals surface area contributed by atoms with E-state index in [1.807, 2.05) is 19.0 Å². The first-order valence-corrected chi connectivity index (χ1v) is 8.85. The number of benzene rings is 1. The van der Waals surface area contributed by atoms with Crippen molar-refractivity contribution in [1.82, 2.24) is 10.2 Å². The second-order valence-corrected chi connectivity index (χ2v) is 7.68. The van der Waals surface area contributed by atoms with Crippen molar-refractivity contribution >= 4 is 27.3 Å². The van der Waals surface area contributed by atoms with Gasteiger partial charge in [0.1, 0.15) is 0 Å². The molecule has 0 spiro atoms. The number of hydrogen-bond acceptors (Lipinski definition) is 4. The van der Waals surface area contributed by atoms with Gasteiger partial charge in [0.05, 0.1) is 11.5 Å². The van der Waals surface area contributed by atoms with E-state index in [-0.39, 0.29) is 23.8 Å². The molecule has 1 rings (SSSR count). The van der Waals surface area contributed by atoms with Crippen molar-refractivity contribution in [2.75, 3.05) is 32.9 Å². The number of carbonyl (C=O) groups is 1. The Morgan fingerprint density at radius 2 is 1.95 bits per heavy atom. The minimum absolute atomic E-state index is 0.0276. The predicted molar refractivity (Wildman–Crippen MR) is 85.1 cm³/mol. The van der Waals surface area contributed by atoms with Crippen LogP contribution in [-0.2, 0) is 20.4 Å². The molecule has 5 nitrogen and oxygen atoms in total. The summed E-state index contributed by atoms with van der Waals surface area (Å²) in [6.45, 7) is 1.23. The molecule has 0 radical (unpaired) electrons. The van der Waals surface area contributed by atoms with E-state index in [1.54, 1.807) is 24.3 Å². The van der Waals surface area contributed by atoms with Crippen molar-refractivity contribution in [3.05, 3.63) is 34.9 Å². The Labute approximate surface area is 131 Å². The minimum Gasteiger partial charge on any atom is -0.355 e. The lowest BCUT2D eigenvalue weighted by molar-refractivity contribution is -0.120. The predicted octanol–water partition coefficient (Wildman–Crippen LogP) is 1.32. The monoisotopic (exact) mass is 332 g/mol. The summed E-state index contributed by atoms with van der Waals surface area (Å²) in [5.41, 5.74) is 0.562. The molecule has 0 atom stereocenters. The molecule has 0 aliphatic heterocycles. The van der Waals surface area contributed by atoms with Crippen LogP contribution in [0.15, 0.2) is 24.3 Å². The molecule has 1 N–H and O–H groups in total. The van der Waals surface area contributed by atoms with Gasteiger partial charge in [-0.05, 0) is 25.7 Å². The number of hydrogen-bond donors (Lipinski definition) is 1. The SMILES string of the molecule is CN(C)CCNC(=O)CCS(=O)(=O)Cc1ccccc1Cl. The fourth-order valence-electron chi connectivity index (χ4n) is 1.68. The summed E-state index contributed by atoms with van der Waals surface area (Å²) in [5.74, 6) is -0.566. The molecule has 0 aliphatic rings. The minimum atomic E-state index is -3.35. The topological polar surface area (TPSA) is 66.5 Å². The Hall–Kier alpha value is -1.11. The zero-order chi connectivity index (χ0) is 15.9. The van der Waals surface area contributed by atoms with E-state index in [0.717, 1.165) is 6.54 Å². The van der Waals surface area contributed by atoms with Gasteiger partial charge in [-0.2, -0.15) is 0 Å². The number of likely N-dealkylation sites (N-methyl/N-ethyl adjacent to an activating group) is 1. The molecule has 0 unspecified atom stereocenters. The number of amides is 1. The van der Waals surface area contributed by atoms with Crippen LogP contribution in [0.3, 0.4) is 0 Å². The Morgan fingerprint density at radius 3 is 2.57 bits per heavy atom. The third kappa shape index (κ3) is 7.45. The van der Waals surface area contributed by atoms with E-state index in [9.17, 15) is 13.2 Å². The van der Waals surface area contributed by atoms with Crippen LogP contribution >= 0.6 is 11.6 Å². The third-order valence-corrected chi connectivity index (χ3v) is 4.80. The van der Waals surface area contributed by atoms with Crippen LogP contribution in [0.25, 0.3) is 0 Å². The molecule has 0 aromatic heterocycles. The molecule has 118 valence electrons. The van der Waals surface area contributed by atoms with Crippen molar-refractivity contribution in [3.63, 3.8) is 0 Å². The summed E-state index contributed by atoms with van der Waals surface area (Å²) in [4.78, 5) is 13.5. The first kappa shape index (κ1) is 17.9. The van der Waals surface area contributed by atoms with E-state index in [2.05, 4.69) is 5.32 Å². The standard InChI is InChI=1S/C14H21ClN2O3S/c1-17(2)9-8-16-14(18)7-10-21(19,20)11-12-5-3-4-6-13(12)15/h3-6H,7-11H2,1-2H3,(H,16,18). The molecule has 7 heteroatoms. The number of rotatable bonds is 8. The van der Waals surface area contributed by atoms with Crippen LogP contribution in [0, 0.1) is 0 Å². The van der Waals surface area contributed by atoms with Crippen LogP contribution in [0.2, 0.25) is 5.02 Å². The normalized spacial score (nSPS) is 11.6. The van der Waals surface area contributed by atoms with Crippen LogP contribution < -0.4 is 5.32 Å². The molecule has 1 aromatic carbocycles. The number of nitrogens with one attached hydrogen (secondary N) is 1. The lowest BCUT2D eigenvalue weighted by atomic mass is 10.2. The second-order valence-electron chi connectivity index (χ2n) is 5.09. The highest BCUT2D eigenvalue weighted by molar-refractivity contribution is 7.90. The van der Waals surface area contributed by atoms with Crippen molar-refractivity contribution in [3.8, 4) is 0 Å². The fourth-order valence-corrected chi connectivity index (χ4v) is 3.33. The van der Waals surface area contributed by atoms with Gasteiger partial charge in [-0.1, -0.05) is 29.8 Å². The lowest BCUT2D eigenvalue weighted by Gasteiger charge is -2.10. The number of nitrogens with zero attached hydrogens (tertiary/aromatic N) is 1. The molecule has 0 bridgehead atoms. The summed E-state index contributed by atoms with van der Waals surface area (Å²) in [5, 5.41) is 3.12. The molecular formula is C14H21ClN2O3S. The van der Waals surface area contributed by atoms with Crippen molar-refractivity contribution in [1.29, 1.82) is 0 Å². The van der Waals surface area contributed by atoms with Gasteiger partial charge in [0.25, 0.3) is 0 Å². The highest BCUT2D eigenvalue weighted by atomic mass is 35.5. The summed E-state index contributed by atoms with van der Waals surface area (Å²) in [6, 6.07) is 6.82. The largest absolute Gasteiger partial charge is 0.355 e. The van der Waals surface area contributed by atoms with Crippen LogP contribution in [0.1, 0.15) is 12.0 Å². The van der Waals surface area contributed by atoms with Crippen LogP contribution in [0.5, 0.6) is 0 Å². The third-order valence-electron chi connectivity index (χ3n) is 2.85. The average molecular weight is 333 g/mol. The molecule has 0 fully saturated rings. The Balaban J connectivity index is 2.43. The number of sulfone groups is 1. The molecule has 0 saturated heterocycles. The van der Waals surface area contributed by atoms with E-state index >= 15 is 0 Å². The van der Waals surface area contributed by atoms with Gasteiger partial charge in [0.15, 0.2) is 9.84 Å². The van der Waals surface area contributed by atoms with Gasteiger partial charge in [-0.25, -0.2) is 8.42 Å². The fraction of sp³-hybridized carbons (Fsp3) is 0.500. The van der Waals surface area contributed by atoms with Gasteiger partial charge in [0.2, 0.25) is 5.91 Å². The van der Waals surface area contributed by atoms with Crippen LogP contribution in [0.4, 0.5) is 0 Å². The Morgan fingerprint density at radius 1 is 1.29 bits per heavy atom. The van der Waals surface area contributed by atoms with E-state index in [4.69, 9.17) is 11.6 Å². The maximum atomic E-state index is 12.0. The molecule has 0 aliphatic carbocycles. The maximum absolute atomic E-state index is 12.0. The maximum Gasteiger partial charge on any atom is 0.221 e. The van der Waals surface area contributed by atoms with E-state index in [0.29, 0.717) is 17.1 Å².